The minimum atomic E-state index is -0.229. The van der Waals surface area contributed by atoms with Crippen LogP contribution in [-0.2, 0) is 0 Å². The molecule has 0 aliphatic carbocycles. The van der Waals surface area contributed by atoms with Gasteiger partial charge in [-0.3, -0.25) is 0 Å². The van der Waals surface area contributed by atoms with Crippen molar-refractivity contribution in [3.05, 3.63) is 16.0 Å². The summed E-state index contributed by atoms with van der Waals surface area (Å²) in [4.78, 5) is 8.05. The van der Waals surface area contributed by atoms with Crippen molar-refractivity contribution in [1.29, 1.82) is 0 Å². The molecule has 1 heterocycles. The van der Waals surface area contributed by atoms with Crippen LogP contribution >= 0.6 is 22.6 Å². The number of nitrogens with zero attached hydrogens (tertiary/aromatic N) is 2. The molecule has 0 radical (unpaired) electrons. The Morgan fingerprint density at radius 1 is 1.25 bits per heavy atom. The zero-order valence-electron chi connectivity index (χ0n) is 7.34. The van der Waals surface area contributed by atoms with E-state index in [0.29, 0.717) is 6.01 Å². The zero-order chi connectivity index (χ0) is 9.19. The van der Waals surface area contributed by atoms with Gasteiger partial charge in [-0.2, -0.15) is 0 Å². The van der Waals surface area contributed by atoms with Crippen LogP contribution in [0.15, 0.2) is 12.4 Å². The lowest BCUT2D eigenvalue weighted by molar-refractivity contribution is 0.116. The summed E-state index contributed by atoms with van der Waals surface area (Å²) in [5.41, 5.74) is -0.229. The Balaban J connectivity index is 2.71. The molecule has 0 saturated carbocycles. The predicted molar refractivity (Wildman–Crippen MR) is 55.1 cm³/mol. The smallest absolute Gasteiger partial charge is 0.316 e. The molecule has 4 heteroatoms. The summed E-state index contributed by atoms with van der Waals surface area (Å²) in [7, 11) is 0. The third-order valence-corrected chi connectivity index (χ3v) is 1.55. The molecule has 0 bridgehead atoms. The summed E-state index contributed by atoms with van der Waals surface area (Å²) in [5, 5.41) is 0. The third kappa shape index (κ3) is 3.34. The Morgan fingerprint density at radius 2 is 1.75 bits per heavy atom. The molecule has 3 nitrogen and oxygen atoms in total. The van der Waals surface area contributed by atoms with Crippen molar-refractivity contribution < 1.29 is 4.74 Å². The third-order valence-electron chi connectivity index (χ3n) is 0.994. The first-order valence-corrected chi connectivity index (χ1v) is 4.72. The van der Waals surface area contributed by atoms with Crippen LogP contribution in [0.4, 0.5) is 0 Å². The molecule has 0 aromatic carbocycles. The fourth-order valence-electron chi connectivity index (χ4n) is 0.627. The Kier molecular flexibility index (Phi) is 2.87. The molecule has 1 aromatic rings. The molecule has 1 aromatic heterocycles. The van der Waals surface area contributed by atoms with E-state index in [1.165, 1.54) is 0 Å². The maximum atomic E-state index is 5.43. The molecule has 0 saturated heterocycles. The molecule has 12 heavy (non-hydrogen) atoms. The van der Waals surface area contributed by atoms with E-state index >= 15 is 0 Å². The van der Waals surface area contributed by atoms with Gasteiger partial charge in [0.1, 0.15) is 5.60 Å². The summed E-state index contributed by atoms with van der Waals surface area (Å²) >= 11 is 2.15. The highest BCUT2D eigenvalue weighted by Crippen LogP contribution is 2.12. The fraction of sp³-hybridized carbons (Fsp3) is 0.500. The summed E-state index contributed by atoms with van der Waals surface area (Å²) < 4.78 is 6.44. The van der Waals surface area contributed by atoms with Gasteiger partial charge < -0.3 is 4.74 Å². The predicted octanol–water partition coefficient (Wildman–Crippen LogP) is 2.26. The first-order chi connectivity index (χ1) is 5.47. The second-order valence-electron chi connectivity index (χ2n) is 3.40. The lowest BCUT2D eigenvalue weighted by Crippen LogP contribution is -2.24. The van der Waals surface area contributed by atoms with Gasteiger partial charge in [0.25, 0.3) is 0 Å². The average Bonchev–Trinajstić information content (AvgIpc) is 1.91. The Morgan fingerprint density at radius 3 is 2.17 bits per heavy atom. The highest BCUT2D eigenvalue weighted by atomic mass is 127. The molecule has 0 N–H and O–H groups in total. The quantitative estimate of drug-likeness (QED) is 0.739. The van der Waals surface area contributed by atoms with Gasteiger partial charge in [-0.25, -0.2) is 9.97 Å². The maximum Gasteiger partial charge on any atom is 0.316 e. The van der Waals surface area contributed by atoms with Crippen LogP contribution in [0.25, 0.3) is 0 Å². The van der Waals surface area contributed by atoms with Crippen LogP contribution in [0.2, 0.25) is 0 Å². The van der Waals surface area contributed by atoms with Crippen molar-refractivity contribution in [3.63, 3.8) is 0 Å². The number of hydrogen-bond acceptors (Lipinski definition) is 3. The molecule has 0 fully saturated rings. The molecular formula is C8H11IN2O. The van der Waals surface area contributed by atoms with Crippen LogP contribution in [-0.4, -0.2) is 15.6 Å². The first kappa shape index (κ1) is 9.70. The minimum absolute atomic E-state index is 0.229. The van der Waals surface area contributed by atoms with Crippen molar-refractivity contribution in [2.45, 2.75) is 26.4 Å². The van der Waals surface area contributed by atoms with E-state index in [2.05, 4.69) is 32.6 Å². The van der Waals surface area contributed by atoms with Gasteiger partial charge in [0.05, 0.1) is 0 Å². The van der Waals surface area contributed by atoms with Crippen molar-refractivity contribution >= 4 is 22.6 Å². The Labute approximate surface area is 85.7 Å². The highest BCUT2D eigenvalue weighted by molar-refractivity contribution is 14.1. The van der Waals surface area contributed by atoms with Gasteiger partial charge in [0, 0.05) is 16.0 Å². The highest BCUT2D eigenvalue weighted by Gasteiger charge is 2.12. The number of rotatable bonds is 1. The van der Waals surface area contributed by atoms with Gasteiger partial charge in [-0.15, -0.1) is 0 Å². The lowest BCUT2D eigenvalue weighted by Gasteiger charge is -2.18. The van der Waals surface area contributed by atoms with Crippen LogP contribution in [0.1, 0.15) is 20.8 Å². The Bertz CT molecular complexity index is 253. The molecule has 0 aliphatic heterocycles. The van der Waals surface area contributed by atoms with E-state index in [9.17, 15) is 0 Å². The van der Waals surface area contributed by atoms with Crippen molar-refractivity contribution in [2.75, 3.05) is 0 Å². The number of aromatic nitrogens is 2. The molecule has 66 valence electrons. The van der Waals surface area contributed by atoms with E-state index in [0.717, 1.165) is 3.57 Å². The monoisotopic (exact) mass is 278 g/mol. The summed E-state index contributed by atoms with van der Waals surface area (Å²) in [6.07, 6.45) is 3.46. The van der Waals surface area contributed by atoms with Gasteiger partial charge in [-0.1, -0.05) is 0 Å². The maximum absolute atomic E-state index is 5.43. The molecule has 0 spiro atoms. The normalized spacial score (nSPS) is 11.3. The average molecular weight is 278 g/mol. The molecule has 0 atom stereocenters. The van der Waals surface area contributed by atoms with E-state index in [1.807, 2.05) is 20.8 Å². The number of hydrogen-bond donors (Lipinski definition) is 0. The second-order valence-corrected chi connectivity index (χ2v) is 4.64. The van der Waals surface area contributed by atoms with Crippen LogP contribution in [0.3, 0.4) is 0 Å². The molecule has 0 unspecified atom stereocenters. The first-order valence-electron chi connectivity index (χ1n) is 3.64. The number of halogens is 1. The van der Waals surface area contributed by atoms with Gasteiger partial charge in [0.2, 0.25) is 0 Å². The summed E-state index contributed by atoms with van der Waals surface area (Å²) in [6, 6.07) is 0.433. The fourth-order valence-corrected chi connectivity index (χ4v) is 0.906. The second kappa shape index (κ2) is 3.55. The van der Waals surface area contributed by atoms with E-state index in [4.69, 9.17) is 4.74 Å². The van der Waals surface area contributed by atoms with Crippen LogP contribution < -0.4 is 4.74 Å². The summed E-state index contributed by atoms with van der Waals surface area (Å²) in [6.45, 7) is 5.90. The SMILES string of the molecule is CC(C)(C)Oc1ncc(I)cn1. The largest absolute Gasteiger partial charge is 0.458 e. The van der Waals surface area contributed by atoms with Gasteiger partial charge in [0.15, 0.2) is 0 Å². The lowest BCUT2D eigenvalue weighted by atomic mass is 10.2. The van der Waals surface area contributed by atoms with E-state index < -0.39 is 0 Å². The minimum Gasteiger partial charge on any atom is -0.458 e. The van der Waals surface area contributed by atoms with Crippen molar-refractivity contribution in [3.8, 4) is 6.01 Å². The molecule has 0 amide bonds. The van der Waals surface area contributed by atoms with Crippen molar-refractivity contribution in [2.24, 2.45) is 0 Å². The van der Waals surface area contributed by atoms with Crippen LogP contribution in [0.5, 0.6) is 6.01 Å². The Hall–Kier alpha value is -0.390. The standard InChI is InChI=1S/C8H11IN2O/c1-8(2,3)12-7-10-4-6(9)5-11-7/h4-5H,1-3H3. The number of ether oxygens (including phenoxy) is 1. The van der Waals surface area contributed by atoms with Crippen LogP contribution in [0, 0.1) is 3.57 Å². The van der Waals surface area contributed by atoms with Gasteiger partial charge in [-0.05, 0) is 43.4 Å². The molecule has 1 rings (SSSR count). The molecular weight excluding hydrogens is 267 g/mol. The topological polar surface area (TPSA) is 35.0 Å². The zero-order valence-corrected chi connectivity index (χ0v) is 9.49. The molecule has 0 aliphatic rings. The summed E-state index contributed by atoms with van der Waals surface area (Å²) in [5.74, 6) is 0. The van der Waals surface area contributed by atoms with E-state index in [1.54, 1.807) is 12.4 Å². The van der Waals surface area contributed by atoms with E-state index in [-0.39, 0.29) is 5.60 Å². The van der Waals surface area contributed by atoms with Crippen molar-refractivity contribution in [1.82, 2.24) is 9.97 Å². The van der Waals surface area contributed by atoms with Gasteiger partial charge >= 0.3 is 6.01 Å².